The van der Waals surface area contributed by atoms with E-state index in [4.69, 9.17) is 10.8 Å². The van der Waals surface area contributed by atoms with Crippen molar-refractivity contribution in [2.45, 2.75) is 25.3 Å². The Hall–Kier alpha value is -1.20. The third-order valence-corrected chi connectivity index (χ3v) is 3.59. The highest BCUT2D eigenvalue weighted by Gasteiger charge is 2.26. The molecule has 2 unspecified atom stereocenters. The van der Waals surface area contributed by atoms with Crippen LogP contribution in [0, 0.1) is 17.6 Å². The minimum Gasteiger partial charge on any atom is -0.396 e. The maximum absolute atomic E-state index is 13.8. The van der Waals surface area contributed by atoms with Crippen LogP contribution in [-0.2, 0) is 0 Å². The first-order valence-corrected chi connectivity index (χ1v) is 6.66. The number of piperidine rings is 1. The van der Waals surface area contributed by atoms with Crippen LogP contribution in [0.25, 0.3) is 0 Å². The number of anilines is 1. The van der Waals surface area contributed by atoms with Gasteiger partial charge in [0.05, 0.1) is 5.69 Å². The number of benzene rings is 1. The minimum absolute atomic E-state index is 0.0416. The van der Waals surface area contributed by atoms with Crippen molar-refractivity contribution in [1.29, 1.82) is 0 Å². The maximum atomic E-state index is 13.8. The van der Waals surface area contributed by atoms with E-state index in [0.29, 0.717) is 19.0 Å². The molecule has 1 heterocycles. The van der Waals surface area contributed by atoms with Gasteiger partial charge < -0.3 is 15.7 Å². The standard InChI is InChI=1S/C14H20F2N2O/c15-11-3-4-13(16)14(7-11)18-8-10(2-1-5-19)6-12(17)9-18/h3-4,7,10,12,19H,1-2,5-6,8-9,17H2. The van der Waals surface area contributed by atoms with E-state index in [2.05, 4.69) is 0 Å². The highest BCUT2D eigenvalue weighted by molar-refractivity contribution is 5.48. The fourth-order valence-electron chi connectivity index (χ4n) is 2.76. The molecular formula is C14H20F2N2O. The molecule has 1 aliphatic heterocycles. The molecule has 106 valence electrons. The Bertz CT molecular complexity index is 428. The van der Waals surface area contributed by atoms with E-state index < -0.39 is 11.6 Å². The Labute approximate surface area is 112 Å². The zero-order valence-electron chi connectivity index (χ0n) is 10.9. The van der Waals surface area contributed by atoms with E-state index in [1.54, 1.807) is 0 Å². The summed E-state index contributed by atoms with van der Waals surface area (Å²) < 4.78 is 27.0. The molecule has 2 rings (SSSR count). The summed E-state index contributed by atoms with van der Waals surface area (Å²) >= 11 is 0. The Morgan fingerprint density at radius 2 is 2.11 bits per heavy atom. The van der Waals surface area contributed by atoms with E-state index in [9.17, 15) is 8.78 Å². The predicted octanol–water partition coefficient (Wildman–Crippen LogP) is 1.89. The van der Waals surface area contributed by atoms with Crippen molar-refractivity contribution in [3.8, 4) is 0 Å². The van der Waals surface area contributed by atoms with Crippen LogP contribution in [0.2, 0.25) is 0 Å². The zero-order chi connectivity index (χ0) is 13.8. The molecule has 0 amide bonds. The first kappa shape index (κ1) is 14.2. The van der Waals surface area contributed by atoms with Crippen molar-refractivity contribution in [1.82, 2.24) is 0 Å². The molecule has 1 aromatic rings. The van der Waals surface area contributed by atoms with Gasteiger partial charge in [-0.2, -0.15) is 0 Å². The van der Waals surface area contributed by atoms with Gasteiger partial charge in [0, 0.05) is 31.8 Å². The average Bonchev–Trinajstić information content (AvgIpc) is 2.38. The average molecular weight is 270 g/mol. The van der Waals surface area contributed by atoms with E-state index in [-0.39, 0.29) is 18.3 Å². The Morgan fingerprint density at radius 1 is 1.32 bits per heavy atom. The lowest BCUT2D eigenvalue weighted by atomic mass is 9.90. The van der Waals surface area contributed by atoms with E-state index in [0.717, 1.165) is 31.4 Å². The van der Waals surface area contributed by atoms with Crippen LogP contribution >= 0.6 is 0 Å². The maximum Gasteiger partial charge on any atom is 0.146 e. The third-order valence-electron chi connectivity index (χ3n) is 3.59. The fraction of sp³-hybridized carbons (Fsp3) is 0.571. The van der Waals surface area contributed by atoms with Gasteiger partial charge in [-0.15, -0.1) is 0 Å². The highest BCUT2D eigenvalue weighted by Crippen LogP contribution is 2.27. The van der Waals surface area contributed by atoms with Gasteiger partial charge in [0.1, 0.15) is 11.6 Å². The summed E-state index contributed by atoms with van der Waals surface area (Å²) in [6.45, 7) is 1.35. The Kier molecular flexibility index (Phi) is 4.71. The largest absolute Gasteiger partial charge is 0.396 e. The molecule has 0 spiro atoms. The van der Waals surface area contributed by atoms with Crippen LogP contribution in [0.1, 0.15) is 19.3 Å². The van der Waals surface area contributed by atoms with Crippen LogP contribution < -0.4 is 10.6 Å². The van der Waals surface area contributed by atoms with E-state index in [1.807, 2.05) is 4.90 Å². The van der Waals surface area contributed by atoms with Crippen LogP contribution in [0.5, 0.6) is 0 Å². The monoisotopic (exact) mass is 270 g/mol. The molecule has 1 saturated heterocycles. The first-order valence-electron chi connectivity index (χ1n) is 6.66. The summed E-state index contributed by atoms with van der Waals surface area (Å²) in [5.74, 6) is -0.544. The number of halogens is 2. The third kappa shape index (κ3) is 3.64. The van der Waals surface area contributed by atoms with Crippen molar-refractivity contribution in [3.05, 3.63) is 29.8 Å². The minimum atomic E-state index is -0.442. The van der Waals surface area contributed by atoms with Crippen LogP contribution in [0.3, 0.4) is 0 Å². The molecule has 1 aromatic carbocycles. The van der Waals surface area contributed by atoms with Crippen LogP contribution in [0.15, 0.2) is 18.2 Å². The molecule has 0 radical (unpaired) electrons. The second-order valence-electron chi connectivity index (χ2n) is 5.23. The first-order chi connectivity index (χ1) is 9.10. The van der Waals surface area contributed by atoms with Gasteiger partial charge in [-0.3, -0.25) is 0 Å². The number of rotatable bonds is 4. The Balaban J connectivity index is 2.12. The molecule has 3 nitrogen and oxygen atoms in total. The van der Waals surface area contributed by atoms with Gasteiger partial charge >= 0.3 is 0 Å². The van der Waals surface area contributed by atoms with Gasteiger partial charge in [0.15, 0.2) is 0 Å². The molecule has 0 bridgehead atoms. The van der Waals surface area contributed by atoms with Crippen LogP contribution in [-0.4, -0.2) is 30.8 Å². The number of hydrogen-bond acceptors (Lipinski definition) is 3. The Morgan fingerprint density at radius 3 is 2.84 bits per heavy atom. The van der Waals surface area contributed by atoms with Crippen LogP contribution in [0.4, 0.5) is 14.5 Å². The van der Waals surface area contributed by atoms with Gasteiger partial charge in [0.25, 0.3) is 0 Å². The molecule has 5 heteroatoms. The summed E-state index contributed by atoms with van der Waals surface area (Å²) in [6.07, 6.45) is 2.45. The summed E-state index contributed by atoms with van der Waals surface area (Å²) in [5.41, 5.74) is 6.27. The molecule has 0 saturated carbocycles. The number of aliphatic hydroxyl groups excluding tert-OH is 1. The second-order valence-corrected chi connectivity index (χ2v) is 5.23. The quantitative estimate of drug-likeness (QED) is 0.878. The predicted molar refractivity (Wildman–Crippen MR) is 71.0 cm³/mol. The van der Waals surface area contributed by atoms with Crippen molar-refractivity contribution >= 4 is 5.69 Å². The molecule has 0 aliphatic carbocycles. The van der Waals surface area contributed by atoms with Gasteiger partial charge in [-0.1, -0.05) is 0 Å². The lowest BCUT2D eigenvalue weighted by Gasteiger charge is -2.38. The van der Waals surface area contributed by atoms with Crippen molar-refractivity contribution in [3.63, 3.8) is 0 Å². The lowest BCUT2D eigenvalue weighted by molar-refractivity contribution is 0.259. The van der Waals surface area contributed by atoms with Crippen molar-refractivity contribution < 1.29 is 13.9 Å². The topological polar surface area (TPSA) is 49.5 Å². The van der Waals surface area contributed by atoms with Gasteiger partial charge in [-0.25, -0.2) is 8.78 Å². The molecule has 1 fully saturated rings. The molecule has 19 heavy (non-hydrogen) atoms. The molecular weight excluding hydrogens is 250 g/mol. The number of hydrogen-bond donors (Lipinski definition) is 2. The lowest BCUT2D eigenvalue weighted by Crippen LogP contribution is -2.47. The SMILES string of the molecule is NC1CC(CCCO)CN(c2cc(F)ccc2F)C1. The second kappa shape index (κ2) is 6.30. The zero-order valence-corrected chi connectivity index (χ0v) is 10.9. The summed E-state index contributed by atoms with van der Waals surface area (Å²) in [5, 5.41) is 8.87. The fourth-order valence-corrected chi connectivity index (χ4v) is 2.76. The number of aliphatic hydroxyl groups is 1. The van der Waals surface area contributed by atoms with Crippen molar-refractivity contribution in [2.75, 3.05) is 24.6 Å². The molecule has 1 aliphatic rings. The summed E-state index contributed by atoms with van der Waals surface area (Å²) in [6, 6.07) is 3.44. The highest BCUT2D eigenvalue weighted by atomic mass is 19.1. The number of nitrogens with zero attached hydrogens (tertiary/aromatic N) is 1. The molecule has 3 N–H and O–H groups in total. The van der Waals surface area contributed by atoms with E-state index in [1.165, 1.54) is 6.07 Å². The summed E-state index contributed by atoms with van der Waals surface area (Å²) in [7, 11) is 0. The van der Waals surface area contributed by atoms with Crippen molar-refractivity contribution in [2.24, 2.45) is 11.7 Å². The normalized spacial score (nSPS) is 23.7. The summed E-state index contributed by atoms with van der Waals surface area (Å²) in [4.78, 5) is 1.81. The van der Waals surface area contributed by atoms with Gasteiger partial charge in [0.2, 0.25) is 0 Å². The molecule has 0 aromatic heterocycles. The molecule has 2 atom stereocenters. The van der Waals surface area contributed by atoms with Gasteiger partial charge in [-0.05, 0) is 37.3 Å². The smallest absolute Gasteiger partial charge is 0.146 e. The number of nitrogens with two attached hydrogens (primary N) is 1. The van der Waals surface area contributed by atoms with E-state index >= 15 is 0 Å².